The number of hydrogen-bond donors (Lipinski definition) is 2. The van der Waals surface area contributed by atoms with Gasteiger partial charge in [0.15, 0.2) is 0 Å². The molecule has 6 nitrogen and oxygen atoms in total. The van der Waals surface area contributed by atoms with Gasteiger partial charge in [-0.25, -0.2) is 4.79 Å². The lowest BCUT2D eigenvalue weighted by Gasteiger charge is -2.38. The third-order valence-electron chi connectivity index (χ3n) is 3.55. The summed E-state index contributed by atoms with van der Waals surface area (Å²) in [5.41, 5.74) is 7.15. The number of hydrogen-bond acceptors (Lipinski definition) is 5. The van der Waals surface area contributed by atoms with Gasteiger partial charge in [-0.15, -0.1) is 0 Å². The normalized spacial score (nSPS) is 22.3. The fourth-order valence-electron chi connectivity index (χ4n) is 2.81. The Morgan fingerprint density at radius 2 is 2.18 bits per heavy atom. The van der Waals surface area contributed by atoms with Crippen molar-refractivity contribution >= 4 is 17.5 Å². The molecule has 1 amide bonds. The van der Waals surface area contributed by atoms with Crippen LogP contribution in [0.3, 0.4) is 0 Å². The molecule has 0 radical (unpaired) electrons. The van der Waals surface area contributed by atoms with Gasteiger partial charge in [-0.2, -0.15) is 0 Å². The highest BCUT2D eigenvalue weighted by Crippen LogP contribution is 2.27. The van der Waals surface area contributed by atoms with E-state index in [0.717, 1.165) is 25.2 Å². The highest BCUT2D eigenvalue weighted by atomic mass is 16.6. The molecule has 2 heterocycles. The first-order valence-electron chi connectivity index (χ1n) is 7.68. The van der Waals surface area contributed by atoms with E-state index in [4.69, 9.17) is 10.5 Å². The number of ether oxygens (including phenoxy) is 1. The smallest absolute Gasteiger partial charge is 0.407 e. The van der Waals surface area contributed by atoms with Crippen LogP contribution in [0.15, 0.2) is 18.5 Å². The number of aromatic nitrogens is 1. The summed E-state index contributed by atoms with van der Waals surface area (Å²) < 4.78 is 5.34. The zero-order valence-corrected chi connectivity index (χ0v) is 13.8. The number of amides is 1. The maximum Gasteiger partial charge on any atom is 0.407 e. The van der Waals surface area contributed by atoms with Crippen LogP contribution in [-0.2, 0) is 4.74 Å². The fourth-order valence-corrected chi connectivity index (χ4v) is 2.81. The van der Waals surface area contributed by atoms with Crippen LogP contribution in [0, 0.1) is 5.92 Å². The lowest BCUT2D eigenvalue weighted by Crippen LogP contribution is -2.51. The molecule has 0 aliphatic carbocycles. The van der Waals surface area contributed by atoms with E-state index in [1.165, 1.54) is 0 Å². The zero-order chi connectivity index (χ0) is 16.3. The molecule has 1 aromatic heterocycles. The number of carbonyl (C=O) groups is 1. The van der Waals surface area contributed by atoms with Gasteiger partial charge in [0.2, 0.25) is 0 Å². The van der Waals surface area contributed by atoms with E-state index in [9.17, 15) is 4.79 Å². The van der Waals surface area contributed by atoms with Gasteiger partial charge < -0.3 is 20.7 Å². The van der Waals surface area contributed by atoms with Crippen LogP contribution >= 0.6 is 0 Å². The molecule has 122 valence electrons. The Hall–Kier alpha value is -1.98. The number of carbonyl (C=O) groups excluding carboxylic acids is 1. The molecule has 22 heavy (non-hydrogen) atoms. The summed E-state index contributed by atoms with van der Waals surface area (Å²) in [7, 11) is 0. The first-order valence-corrected chi connectivity index (χ1v) is 7.68. The minimum atomic E-state index is -0.487. The van der Waals surface area contributed by atoms with Crippen molar-refractivity contribution in [1.82, 2.24) is 10.3 Å². The summed E-state index contributed by atoms with van der Waals surface area (Å²) in [6.45, 7) is 9.39. The molecule has 2 atom stereocenters. The standard InChI is InChI=1S/C16H26N4O2/c1-11-7-12(19-15(21)22-16(2,3)4)10-20(9-11)14-5-6-18-8-13(14)17/h5-6,8,11-12H,7,9-10,17H2,1-4H3,(H,19,21)/t11-,12-/m1/s1. The third kappa shape index (κ3) is 4.51. The molecule has 0 spiro atoms. The van der Waals surface area contributed by atoms with Crippen molar-refractivity contribution in [1.29, 1.82) is 0 Å². The van der Waals surface area contributed by atoms with E-state index in [1.54, 1.807) is 12.4 Å². The van der Waals surface area contributed by atoms with Crippen molar-refractivity contribution in [3.05, 3.63) is 18.5 Å². The molecule has 1 fully saturated rings. The first kappa shape index (κ1) is 16.4. The van der Waals surface area contributed by atoms with Gasteiger partial charge in [0, 0.05) is 25.3 Å². The summed E-state index contributed by atoms with van der Waals surface area (Å²) in [6, 6.07) is 1.96. The van der Waals surface area contributed by atoms with E-state index in [-0.39, 0.29) is 12.1 Å². The second-order valence-electron chi connectivity index (χ2n) is 7.02. The van der Waals surface area contributed by atoms with Crippen LogP contribution in [0.25, 0.3) is 0 Å². The molecular formula is C16H26N4O2. The average molecular weight is 306 g/mol. The highest BCUT2D eigenvalue weighted by molar-refractivity contribution is 5.69. The number of anilines is 2. The molecule has 3 N–H and O–H groups in total. The Morgan fingerprint density at radius 3 is 2.82 bits per heavy atom. The maximum absolute atomic E-state index is 12.0. The number of nitrogens with two attached hydrogens (primary N) is 1. The Kier molecular flexibility index (Phi) is 4.78. The Labute approximate surface area is 132 Å². The van der Waals surface area contributed by atoms with E-state index < -0.39 is 5.60 Å². The molecule has 1 aromatic rings. The predicted octanol–water partition coefficient (Wildman–Crippen LogP) is 2.40. The third-order valence-corrected chi connectivity index (χ3v) is 3.55. The van der Waals surface area contributed by atoms with Gasteiger partial charge >= 0.3 is 6.09 Å². The van der Waals surface area contributed by atoms with Crippen molar-refractivity contribution in [2.45, 2.75) is 45.8 Å². The molecule has 0 unspecified atom stereocenters. The highest BCUT2D eigenvalue weighted by Gasteiger charge is 2.28. The molecule has 0 bridgehead atoms. The number of alkyl carbamates (subject to hydrolysis) is 1. The van der Waals surface area contributed by atoms with E-state index in [2.05, 4.69) is 22.1 Å². The minimum absolute atomic E-state index is 0.0474. The van der Waals surface area contributed by atoms with Crippen molar-refractivity contribution < 1.29 is 9.53 Å². The van der Waals surface area contributed by atoms with Crippen LogP contribution in [-0.4, -0.2) is 35.8 Å². The summed E-state index contributed by atoms with van der Waals surface area (Å²) in [4.78, 5) is 18.2. The quantitative estimate of drug-likeness (QED) is 0.877. The van der Waals surface area contributed by atoms with Gasteiger partial charge in [0.25, 0.3) is 0 Å². The molecule has 6 heteroatoms. The van der Waals surface area contributed by atoms with Crippen molar-refractivity contribution in [2.24, 2.45) is 5.92 Å². The summed E-state index contributed by atoms with van der Waals surface area (Å²) in [6.07, 6.45) is 3.96. The van der Waals surface area contributed by atoms with Gasteiger partial charge in [0.1, 0.15) is 5.60 Å². The number of nitrogens with one attached hydrogen (secondary N) is 1. The van der Waals surface area contributed by atoms with E-state index in [0.29, 0.717) is 11.6 Å². The van der Waals surface area contributed by atoms with E-state index >= 15 is 0 Å². The number of nitrogen functional groups attached to an aromatic ring is 1. The van der Waals surface area contributed by atoms with Crippen LogP contribution in [0.4, 0.5) is 16.2 Å². The molecule has 0 aromatic carbocycles. The summed E-state index contributed by atoms with van der Waals surface area (Å²) in [5.74, 6) is 0.459. The van der Waals surface area contributed by atoms with Crippen LogP contribution < -0.4 is 16.0 Å². The largest absolute Gasteiger partial charge is 0.444 e. The molecular weight excluding hydrogens is 280 g/mol. The Bertz CT molecular complexity index is 527. The predicted molar refractivity (Wildman–Crippen MR) is 87.8 cm³/mol. The van der Waals surface area contributed by atoms with Crippen molar-refractivity contribution in [2.75, 3.05) is 23.7 Å². The zero-order valence-electron chi connectivity index (χ0n) is 13.8. The SMILES string of the molecule is C[C@@H]1C[C@@H](NC(=O)OC(C)(C)C)CN(c2ccncc2N)C1. The Morgan fingerprint density at radius 1 is 1.45 bits per heavy atom. The van der Waals surface area contributed by atoms with Gasteiger partial charge in [-0.1, -0.05) is 6.92 Å². The number of piperidine rings is 1. The lowest BCUT2D eigenvalue weighted by atomic mass is 9.95. The van der Waals surface area contributed by atoms with Crippen LogP contribution in [0.1, 0.15) is 34.1 Å². The van der Waals surface area contributed by atoms with Gasteiger partial charge in [-0.3, -0.25) is 4.98 Å². The Balaban J connectivity index is 2.02. The number of nitrogens with zero attached hydrogens (tertiary/aromatic N) is 2. The minimum Gasteiger partial charge on any atom is -0.444 e. The number of pyridine rings is 1. The number of rotatable bonds is 2. The topological polar surface area (TPSA) is 80.5 Å². The molecule has 2 rings (SSSR count). The maximum atomic E-state index is 12.0. The van der Waals surface area contributed by atoms with Gasteiger partial charge in [0.05, 0.1) is 17.6 Å². The van der Waals surface area contributed by atoms with Crippen LogP contribution in [0.5, 0.6) is 0 Å². The van der Waals surface area contributed by atoms with E-state index in [1.807, 2.05) is 26.8 Å². The first-order chi connectivity index (χ1) is 10.2. The average Bonchev–Trinajstić information content (AvgIpc) is 2.35. The second-order valence-corrected chi connectivity index (χ2v) is 7.02. The second kappa shape index (κ2) is 6.42. The van der Waals surface area contributed by atoms with Crippen molar-refractivity contribution in [3.63, 3.8) is 0 Å². The van der Waals surface area contributed by atoms with Crippen molar-refractivity contribution in [3.8, 4) is 0 Å². The molecule has 1 aliphatic heterocycles. The summed E-state index contributed by atoms with van der Waals surface area (Å²) >= 11 is 0. The molecule has 1 aliphatic rings. The molecule has 1 saturated heterocycles. The van der Waals surface area contributed by atoms with Gasteiger partial charge in [-0.05, 0) is 39.2 Å². The van der Waals surface area contributed by atoms with Crippen LogP contribution in [0.2, 0.25) is 0 Å². The summed E-state index contributed by atoms with van der Waals surface area (Å²) in [5, 5.41) is 2.97. The monoisotopic (exact) mass is 306 g/mol. The lowest BCUT2D eigenvalue weighted by molar-refractivity contribution is 0.0495. The fraction of sp³-hybridized carbons (Fsp3) is 0.625. The molecule has 0 saturated carbocycles.